The van der Waals surface area contributed by atoms with E-state index >= 15 is 0 Å². The van der Waals surface area contributed by atoms with Crippen LogP contribution in [0.3, 0.4) is 0 Å². The molecule has 0 radical (unpaired) electrons. The molecule has 4 nitrogen and oxygen atoms in total. The molecule has 0 bridgehead atoms. The number of nitrogens with one attached hydrogen (secondary N) is 2. The number of benzene rings is 1. The zero-order valence-electron chi connectivity index (χ0n) is 11.3. The number of fused-ring (bicyclic) bond motifs is 1. The Morgan fingerprint density at radius 2 is 2.32 bits per heavy atom. The average molecular weight is 256 g/mol. The second-order valence-electron chi connectivity index (χ2n) is 4.92. The molecule has 2 N–H and O–H groups in total. The van der Waals surface area contributed by atoms with Crippen LogP contribution in [0.5, 0.6) is 0 Å². The van der Waals surface area contributed by atoms with Gasteiger partial charge in [0.25, 0.3) is 0 Å². The summed E-state index contributed by atoms with van der Waals surface area (Å²) in [5.41, 5.74) is 2.38. The van der Waals surface area contributed by atoms with Gasteiger partial charge < -0.3 is 15.2 Å². The molecule has 0 fully saturated rings. The first-order valence-corrected chi connectivity index (χ1v) is 7.01. The molecular formula is C15H20N4. The molecule has 19 heavy (non-hydrogen) atoms. The van der Waals surface area contributed by atoms with Crippen molar-refractivity contribution in [2.24, 2.45) is 4.99 Å². The Balaban J connectivity index is 1.85. The van der Waals surface area contributed by atoms with E-state index in [-0.39, 0.29) is 0 Å². The van der Waals surface area contributed by atoms with Crippen molar-refractivity contribution in [2.45, 2.75) is 26.3 Å². The number of nitrogens with zero attached hydrogens (tertiary/aromatic N) is 2. The molecule has 2 heterocycles. The predicted octanol–water partition coefficient (Wildman–Crippen LogP) is 2.81. The van der Waals surface area contributed by atoms with E-state index in [4.69, 9.17) is 0 Å². The van der Waals surface area contributed by atoms with Crippen LogP contribution in [0, 0.1) is 0 Å². The topological polar surface area (TPSA) is 41.4 Å². The van der Waals surface area contributed by atoms with Crippen LogP contribution in [0.25, 0.3) is 10.9 Å². The molecule has 0 unspecified atom stereocenters. The number of guanidine groups is 1. The van der Waals surface area contributed by atoms with E-state index in [2.05, 4.69) is 57.6 Å². The molecule has 2 aromatic rings. The van der Waals surface area contributed by atoms with Crippen molar-refractivity contribution >= 4 is 22.5 Å². The van der Waals surface area contributed by atoms with Gasteiger partial charge in [0.2, 0.25) is 0 Å². The van der Waals surface area contributed by atoms with Crippen LogP contribution >= 0.6 is 0 Å². The summed E-state index contributed by atoms with van der Waals surface area (Å²) < 4.78 is 2.33. The van der Waals surface area contributed by atoms with Gasteiger partial charge in [-0.25, -0.2) is 0 Å². The fraction of sp³-hybridized carbons (Fsp3) is 0.400. The van der Waals surface area contributed by atoms with E-state index in [1.807, 2.05) is 0 Å². The lowest BCUT2D eigenvalue weighted by atomic mass is 10.2. The molecule has 1 aliphatic heterocycles. The molecule has 0 aliphatic carbocycles. The molecule has 0 amide bonds. The predicted molar refractivity (Wildman–Crippen MR) is 80.8 cm³/mol. The summed E-state index contributed by atoms with van der Waals surface area (Å²) in [7, 11) is 0. The number of anilines is 1. The van der Waals surface area contributed by atoms with Crippen molar-refractivity contribution in [3.63, 3.8) is 0 Å². The third-order valence-corrected chi connectivity index (χ3v) is 3.46. The largest absolute Gasteiger partial charge is 0.354 e. The average Bonchev–Trinajstić information content (AvgIpc) is 3.06. The first-order valence-electron chi connectivity index (χ1n) is 7.01. The highest BCUT2D eigenvalue weighted by Crippen LogP contribution is 2.21. The van der Waals surface area contributed by atoms with Gasteiger partial charge in [0.05, 0.1) is 12.1 Å². The molecule has 0 spiro atoms. The van der Waals surface area contributed by atoms with E-state index in [1.54, 1.807) is 0 Å². The van der Waals surface area contributed by atoms with Crippen molar-refractivity contribution in [3.8, 4) is 0 Å². The van der Waals surface area contributed by atoms with E-state index in [0.717, 1.165) is 31.3 Å². The van der Waals surface area contributed by atoms with Crippen LogP contribution in [0.1, 0.15) is 19.8 Å². The minimum Gasteiger partial charge on any atom is -0.354 e. The molecule has 3 rings (SSSR count). The van der Waals surface area contributed by atoms with Gasteiger partial charge in [0, 0.05) is 25.0 Å². The number of hydrogen-bond acceptors (Lipinski definition) is 3. The molecule has 1 aromatic carbocycles. The third kappa shape index (κ3) is 2.57. The summed E-state index contributed by atoms with van der Waals surface area (Å²) >= 11 is 0. The molecule has 4 heteroatoms. The normalized spacial score (nSPS) is 14.5. The highest BCUT2D eigenvalue weighted by atomic mass is 15.2. The number of aromatic nitrogens is 1. The van der Waals surface area contributed by atoms with Gasteiger partial charge >= 0.3 is 0 Å². The smallest absolute Gasteiger partial charge is 0.195 e. The van der Waals surface area contributed by atoms with Gasteiger partial charge in [0.15, 0.2) is 5.96 Å². The maximum absolute atomic E-state index is 4.36. The minimum absolute atomic E-state index is 0.859. The lowest BCUT2D eigenvalue weighted by molar-refractivity contribution is 0.650. The molecule has 0 atom stereocenters. The molecule has 1 aliphatic rings. The Morgan fingerprint density at radius 3 is 3.11 bits per heavy atom. The maximum Gasteiger partial charge on any atom is 0.195 e. The van der Waals surface area contributed by atoms with Crippen molar-refractivity contribution in [3.05, 3.63) is 30.5 Å². The number of hydrogen-bond donors (Lipinski definition) is 2. The summed E-state index contributed by atoms with van der Waals surface area (Å²) in [5.74, 6) is 0.881. The summed E-state index contributed by atoms with van der Waals surface area (Å²) in [6.45, 7) is 5.10. The van der Waals surface area contributed by atoms with Crippen LogP contribution in [-0.4, -0.2) is 23.6 Å². The molecule has 1 aromatic heterocycles. The zero-order chi connectivity index (χ0) is 13.1. The quantitative estimate of drug-likeness (QED) is 0.883. The van der Waals surface area contributed by atoms with Gasteiger partial charge in [-0.1, -0.05) is 19.4 Å². The Kier molecular flexibility index (Phi) is 3.40. The van der Waals surface area contributed by atoms with Gasteiger partial charge in [-0.05, 0) is 30.0 Å². The zero-order valence-corrected chi connectivity index (χ0v) is 11.3. The van der Waals surface area contributed by atoms with Gasteiger partial charge in [-0.15, -0.1) is 0 Å². The molecule has 100 valence electrons. The minimum atomic E-state index is 0.859. The highest BCUT2D eigenvalue weighted by molar-refractivity contribution is 5.96. The maximum atomic E-state index is 4.36. The van der Waals surface area contributed by atoms with Crippen molar-refractivity contribution in [1.82, 2.24) is 9.88 Å². The van der Waals surface area contributed by atoms with Crippen LogP contribution in [0.4, 0.5) is 5.69 Å². The fourth-order valence-electron chi connectivity index (χ4n) is 2.40. The van der Waals surface area contributed by atoms with Crippen molar-refractivity contribution < 1.29 is 0 Å². The van der Waals surface area contributed by atoms with Gasteiger partial charge in [-0.3, -0.25) is 4.99 Å². The summed E-state index contributed by atoms with van der Waals surface area (Å²) in [4.78, 5) is 4.36. The lowest BCUT2D eigenvalue weighted by Crippen LogP contribution is -2.26. The first-order chi connectivity index (χ1) is 9.36. The summed E-state index contributed by atoms with van der Waals surface area (Å²) in [6, 6.07) is 8.65. The summed E-state index contributed by atoms with van der Waals surface area (Å²) in [6.07, 6.45) is 4.61. The van der Waals surface area contributed by atoms with Crippen LogP contribution in [0.2, 0.25) is 0 Å². The Labute approximate surface area is 113 Å². The Morgan fingerprint density at radius 1 is 1.37 bits per heavy atom. The number of rotatable bonds is 4. The van der Waals surface area contributed by atoms with Crippen LogP contribution < -0.4 is 10.6 Å². The van der Waals surface area contributed by atoms with E-state index < -0.39 is 0 Å². The summed E-state index contributed by atoms with van der Waals surface area (Å²) in [5, 5.41) is 7.85. The highest BCUT2D eigenvalue weighted by Gasteiger charge is 2.06. The van der Waals surface area contributed by atoms with Gasteiger partial charge in [0.1, 0.15) is 0 Å². The lowest BCUT2D eigenvalue weighted by Gasteiger charge is -2.09. The van der Waals surface area contributed by atoms with Crippen molar-refractivity contribution in [1.29, 1.82) is 0 Å². The fourth-order valence-corrected chi connectivity index (χ4v) is 2.40. The van der Waals surface area contributed by atoms with Crippen LogP contribution in [0.15, 0.2) is 35.5 Å². The second kappa shape index (κ2) is 5.34. The van der Waals surface area contributed by atoms with Gasteiger partial charge in [-0.2, -0.15) is 0 Å². The van der Waals surface area contributed by atoms with E-state index in [0.29, 0.717) is 0 Å². The van der Waals surface area contributed by atoms with Crippen molar-refractivity contribution in [2.75, 3.05) is 18.4 Å². The first kappa shape index (κ1) is 12.1. The monoisotopic (exact) mass is 256 g/mol. The Hall–Kier alpha value is -1.97. The third-order valence-electron chi connectivity index (χ3n) is 3.46. The molecule has 0 saturated carbocycles. The molecule has 0 saturated heterocycles. The second-order valence-corrected chi connectivity index (χ2v) is 4.92. The van der Waals surface area contributed by atoms with E-state index in [1.165, 1.54) is 23.7 Å². The SMILES string of the molecule is CCCCn1ccc2ccc(NC3=NCCN3)cc21. The number of aliphatic imine (C=N–C) groups is 1. The van der Waals surface area contributed by atoms with E-state index in [9.17, 15) is 0 Å². The molecular weight excluding hydrogens is 236 g/mol. The number of unbranched alkanes of at least 4 members (excludes halogenated alkanes) is 1. The standard InChI is InChI=1S/C15H20N4/c1-2-3-9-19-10-6-12-4-5-13(11-14(12)19)18-15-16-7-8-17-15/h4-6,10-11H,2-3,7-9H2,1H3,(H2,16,17,18). The van der Waals surface area contributed by atoms with Crippen LogP contribution in [-0.2, 0) is 6.54 Å². The Bertz CT molecular complexity index is 597. The number of aryl methyl sites for hydroxylation is 1.